The summed E-state index contributed by atoms with van der Waals surface area (Å²) in [4.78, 5) is 9.88. The van der Waals surface area contributed by atoms with E-state index in [1.54, 1.807) is 0 Å². The standard InChI is InChI=1S/C7H14O4/c1-3-10-6(2)4-5-11-7(8)9/h6H,3-5H2,1-2H3,(H,8,9). The van der Waals surface area contributed by atoms with Gasteiger partial charge in [0.2, 0.25) is 0 Å². The molecule has 0 radical (unpaired) electrons. The minimum absolute atomic E-state index is 0.0688. The number of carbonyl (C=O) groups is 1. The van der Waals surface area contributed by atoms with Crippen molar-refractivity contribution in [2.75, 3.05) is 13.2 Å². The second-order valence-electron chi connectivity index (χ2n) is 2.17. The first kappa shape index (κ1) is 10.2. The zero-order valence-electron chi connectivity index (χ0n) is 6.87. The fourth-order valence-corrected chi connectivity index (χ4v) is 0.680. The molecule has 0 aliphatic rings. The molecule has 66 valence electrons. The highest BCUT2D eigenvalue weighted by Gasteiger charge is 2.02. The summed E-state index contributed by atoms with van der Waals surface area (Å²) in [7, 11) is 0. The Morgan fingerprint density at radius 1 is 1.64 bits per heavy atom. The van der Waals surface area contributed by atoms with Crippen LogP contribution in [0.3, 0.4) is 0 Å². The second-order valence-corrected chi connectivity index (χ2v) is 2.17. The Labute approximate surface area is 66.1 Å². The zero-order valence-corrected chi connectivity index (χ0v) is 6.87. The van der Waals surface area contributed by atoms with Crippen molar-refractivity contribution in [2.45, 2.75) is 26.4 Å². The first-order valence-electron chi connectivity index (χ1n) is 3.64. The molecule has 0 rings (SSSR count). The molecule has 0 aromatic heterocycles. The number of hydrogen-bond donors (Lipinski definition) is 1. The van der Waals surface area contributed by atoms with Crippen molar-refractivity contribution < 1.29 is 19.4 Å². The van der Waals surface area contributed by atoms with Crippen LogP contribution in [0.25, 0.3) is 0 Å². The molecule has 0 fully saturated rings. The van der Waals surface area contributed by atoms with E-state index in [2.05, 4.69) is 4.74 Å². The van der Waals surface area contributed by atoms with Gasteiger partial charge in [-0.2, -0.15) is 0 Å². The van der Waals surface area contributed by atoms with Crippen molar-refractivity contribution >= 4 is 6.16 Å². The summed E-state index contributed by atoms with van der Waals surface area (Å²) in [5.74, 6) is 0. The normalized spacial score (nSPS) is 12.5. The Hall–Kier alpha value is -0.770. The van der Waals surface area contributed by atoms with Crippen LogP contribution in [0.1, 0.15) is 20.3 Å². The molecule has 0 heterocycles. The molecule has 0 aliphatic carbocycles. The van der Waals surface area contributed by atoms with Gasteiger partial charge >= 0.3 is 6.16 Å². The predicted octanol–water partition coefficient (Wildman–Crippen LogP) is 1.50. The van der Waals surface area contributed by atoms with E-state index in [-0.39, 0.29) is 12.7 Å². The molecule has 0 bridgehead atoms. The fraction of sp³-hybridized carbons (Fsp3) is 0.857. The topological polar surface area (TPSA) is 55.8 Å². The Morgan fingerprint density at radius 2 is 2.27 bits per heavy atom. The van der Waals surface area contributed by atoms with Crippen molar-refractivity contribution in [3.8, 4) is 0 Å². The van der Waals surface area contributed by atoms with Crippen LogP contribution in [0.2, 0.25) is 0 Å². The van der Waals surface area contributed by atoms with Gasteiger partial charge in [-0.15, -0.1) is 0 Å². The van der Waals surface area contributed by atoms with Crippen LogP contribution in [-0.2, 0) is 9.47 Å². The Morgan fingerprint density at radius 3 is 2.73 bits per heavy atom. The highest BCUT2D eigenvalue weighted by molar-refractivity contribution is 5.56. The number of ether oxygens (including phenoxy) is 2. The van der Waals surface area contributed by atoms with Crippen LogP contribution in [0.4, 0.5) is 4.79 Å². The van der Waals surface area contributed by atoms with Gasteiger partial charge in [0.25, 0.3) is 0 Å². The van der Waals surface area contributed by atoms with E-state index in [0.717, 1.165) is 0 Å². The summed E-state index contributed by atoms with van der Waals surface area (Å²) in [6.07, 6.45) is -0.548. The van der Waals surface area contributed by atoms with E-state index in [1.807, 2.05) is 13.8 Å². The summed E-state index contributed by atoms with van der Waals surface area (Å²) in [5.41, 5.74) is 0. The van der Waals surface area contributed by atoms with Crippen molar-refractivity contribution in [1.82, 2.24) is 0 Å². The third-order valence-electron chi connectivity index (χ3n) is 1.20. The van der Waals surface area contributed by atoms with Crippen molar-refractivity contribution in [3.63, 3.8) is 0 Å². The fourth-order valence-electron chi connectivity index (χ4n) is 0.680. The average Bonchev–Trinajstić information content (AvgIpc) is 1.87. The van der Waals surface area contributed by atoms with E-state index in [4.69, 9.17) is 9.84 Å². The van der Waals surface area contributed by atoms with Crippen LogP contribution < -0.4 is 0 Å². The van der Waals surface area contributed by atoms with Gasteiger partial charge in [-0.3, -0.25) is 0 Å². The Bertz CT molecular complexity index is 113. The van der Waals surface area contributed by atoms with Crippen LogP contribution >= 0.6 is 0 Å². The molecule has 1 N–H and O–H groups in total. The molecule has 0 saturated heterocycles. The molecular formula is C7H14O4. The van der Waals surface area contributed by atoms with E-state index >= 15 is 0 Å². The van der Waals surface area contributed by atoms with Crippen molar-refractivity contribution in [1.29, 1.82) is 0 Å². The Kier molecular flexibility index (Phi) is 5.56. The predicted molar refractivity (Wildman–Crippen MR) is 39.7 cm³/mol. The smallest absolute Gasteiger partial charge is 0.450 e. The van der Waals surface area contributed by atoms with Gasteiger partial charge in [0, 0.05) is 13.0 Å². The molecule has 0 spiro atoms. The number of carboxylic acid groups (broad SMARTS) is 1. The summed E-state index contributed by atoms with van der Waals surface area (Å²) >= 11 is 0. The second kappa shape index (κ2) is 5.97. The molecule has 4 nitrogen and oxygen atoms in total. The van der Waals surface area contributed by atoms with Gasteiger partial charge < -0.3 is 14.6 Å². The minimum Gasteiger partial charge on any atom is -0.450 e. The maximum absolute atomic E-state index is 9.88. The average molecular weight is 162 g/mol. The van der Waals surface area contributed by atoms with Crippen LogP contribution in [0.5, 0.6) is 0 Å². The van der Waals surface area contributed by atoms with E-state index in [1.165, 1.54) is 0 Å². The van der Waals surface area contributed by atoms with E-state index in [0.29, 0.717) is 13.0 Å². The zero-order chi connectivity index (χ0) is 8.69. The van der Waals surface area contributed by atoms with Gasteiger partial charge in [0.15, 0.2) is 0 Å². The molecular weight excluding hydrogens is 148 g/mol. The van der Waals surface area contributed by atoms with Crippen molar-refractivity contribution in [3.05, 3.63) is 0 Å². The summed E-state index contributed by atoms with van der Waals surface area (Å²) in [5, 5.41) is 8.09. The van der Waals surface area contributed by atoms with Crippen LogP contribution in [-0.4, -0.2) is 30.6 Å². The van der Waals surface area contributed by atoms with E-state index in [9.17, 15) is 4.79 Å². The highest BCUT2D eigenvalue weighted by Crippen LogP contribution is 1.96. The maximum atomic E-state index is 9.88. The third kappa shape index (κ3) is 7.12. The molecule has 0 aromatic carbocycles. The molecule has 1 unspecified atom stereocenters. The Balaban J connectivity index is 3.16. The lowest BCUT2D eigenvalue weighted by molar-refractivity contribution is 0.0401. The first-order valence-corrected chi connectivity index (χ1v) is 3.64. The first-order chi connectivity index (χ1) is 5.16. The van der Waals surface area contributed by atoms with Gasteiger partial charge in [-0.25, -0.2) is 4.79 Å². The highest BCUT2D eigenvalue weighted by atomic mass is 16.7. The van der Waals surface area contributed by atoms with Gasteiger partial charge in [0.05, 0.1) is 12.7 Å². The molecule has 0 aromatic rings. The van der Waals surface area contributed by atoms with Crippen LogP contribution in [0.15, 0.2) is 0 Å². The minimum atomic E-state index is -1.23. The molecule has 4 heteroatoms. The summed E-state index contributed by atoms with van der Waals surface area (Å²) < 4.78 is 9.45. The van der Waals surface area contributed by atoms with Gasteiger partial charge in [-0.05, 0) is 13.8 Å². The molecule has 1 atom stereocenters. The summed E-state index contributed by atoms with van der Waals surface area (Å²) in [6, 6.07) is 0. The van der Waals surface area contributed by atoms with Gasteiger partial charge in [-0.1, -0.05) is 0 Å². The SMILES string of the molecule is CCOC(C)CCOC(=O)O. The van der Waals surface area contributed by atoms with Gasteiger partial charge in [0.1, 0.15) is 0 Å². The number of hydrogen-bond acceptors (Lipinski definition) is 3. The summed E-state index contributed by atoms with van der Waals surface area (Å²) in [6.45, 7) is 4.63. The molecule has 0 amide bonds. The molecule has 11 heavy (non-hydrogen) atoms. The molecule has 0 aliphatic heterocycles. The quantitative estimate of drug-likeness (QED) is 0.622. The largest absolute Gasteiger partial charge is 0.505 e. The lowest BCUT2D eigenvalue weighted by Gasteiger charge is -2.09. The van der Waals surface area contributed by atoms with Crippen molar-refractivity contribution in [2.24, 2.45) is 0 Å². The van der Waals surface area contributed by atoms with E-state index < -0.39 is 6.16 Å². The molecule has 0 saturated carbocycles. The lowest BCUT2D eigenvalue weighted by Crippen LogP contribution is -2.12. The third-order valence-corrected chi connectivity index (χ3v) is 1.20. The number of rotatable bonds is 5. The van der Waals surface area contributed by atoms with Crippen LogP contribution in [0, 0.1) is 0 Å². The monoisotopic (exact) mass is 162 g/mol. The lowest BCUT2D eigenvalue weighted by atomic mass is 10.3. The maximum Gasteiger partial charge on any atom is 0.505 e.